The number of hydrogen-bond donors (Lipinski definition) is 1. The number of carbonyl (C=O) groups is 2. The third kappa shape index (κ3) is 8.65. The Hall–Kier alpha value is -3.21. The molecule has 0 fully saturated rings. The number of rotatable bonds is 14. The molecule has 0 radical (unpaired) electrons. The number of nitrogens with one attached hydrogen (secondary N) is 1. The molecule has 42 heavy (non-hydrogen) atoms. The molecule has 226 valence electrons. The Morgan fingerprint density at radius 2 is 1.69 bits per heavy atom. The van der Waals surface area contributed by atoms with E-state index in [4.69, 9.17) is 16.3 Å². The van der Waals surface area contributed by atoms with Crippen LogP contribution in [-0.4, -0.2) is 57.1 Å². The Labute approximate surface area is 258 Å². The van der Waals surface area contributed by atoms with Gasteiger partial charge in [-0.25, -0.2) is 8.42 Å². The highest BCUT2D eigenvalue weighted by Gasteiger charge is 2.34. The van der Waals surface area contributed by atoms with Crippen molar-refractivity contribution >= 4 is 50.9 Å². The summed E-state index contributed by atoms with van der Waals surface area (Å²) in [5, 5.41) is 3.37. The summed E-state index contributed by atoms with van der Waals surface area (Å²) < 4.78 is 35.1. The molecule has 8 nitrogen and oxygen atoms in total. The van der Waals surface area contributed by atoms with Gasteiger partial charge in [0, 0.05) is 23.0 Å². The third-order valence-corrected chi connectivity index (χ3v) is 9.21. The summed E-state index contributed by atoms with van der Waals surface area (Å²) in [7, 11) is -4.22. The number of sulfonamides is 1. The minimum Gasteiger partial charge on any atom is -0.492 e. The van der Waals surface area contributed by atoms with Crippen LogP contribution in [0.25, 0.3) is 0 Å². The highest BCUT2D eigenvalue weighted by molar-refractivity contribution is 7.98. The predicted molar refractivity (Wildman–Crippen MR) is 170 cm³/mol. The maximum atomic E-state index is 14.1. The van der Waals surface area contributed by atoms with E-state index in [1.54, 1.807) is 74.5 Å². The highest BCUT2D eigenvalue weighted by Crippen LogP contribution is 2.33. The molecule has 3 aromatic rings. The van der Waals surface area contributed by atoms with Crippen molar-refractivity contribution in [1.29, 1.82) is 0 Å². The van der Waals surface area contributed by atoms with E-state index in [1.807, 2.05) is 20.1 Å². The molecule has 1 unspecified atom stereocenters. The number of hydrogen-bond acceptors (Lipinski definition) is 6. The molecular formula is C31H38ClN3O5S2. The molecule has 0 saturated heterocycles. The molecule has 0 saturated carbocycles. The van der Waals surface area contributed by atoms with Gasteiger partial charge in [-0.3, -0.25) is 13.9 Å². The molecule has 0 aliphatic heterocycles. The van der Waals surface area contributed by atoms with Gasteiger partial charge in [0.05, 0.1) is 17.2 Å². The van der Waals surface area contributed by atoms with Crippen LogP contribution in [0.15, 0.2) is 82.6 Å². The fourth-order valence-corrected chi connectivity index (χ4v) is 6.24. The zero-order valence-corrected chi connectivity index (χ0v) is 26.9. The SMILES string of the molecule is CCOc1ccccc1N(CC(=O)N(Cc1cccc(Cl)c1)C(C)C(=O)NCC(C)C)S(=O)(=O)c1ccc(SC)cc1. The third-order valence-electron chi connectivity index (χ3n) is 6.45. The van der Waals surface area contributed by atoms with Crippen LogP contribution in [0.5, 0.6) is 5.75 Å². The van der Waals surface area contributed by atoms with E-state index >= 15 is 0 Å². The first-order valence-electron chi connectivity index (χ1n) is 13.7. The van der Waals surface area contributed by atoms with E-state index < -0.39 is 28.5 Å². The molecule has 0 aromatic heterocycles. The van der Waals surface area contributed by atoms with Crippen molar-refractivity contribution in [2.75, 3.05) is 30.3 Å². The monoisotopic (exact) mass is 631 g/mol. The molecule has 1 atom stereocenters. The topological polar surface area (TPSA) is 96.0 Å². The number of halogens is 1. The van der Waals surface area contributed by atoms with Crippen LogP contribution >= 0.6 is 23.4 Å². The van der Waals surface area contributed by atoms with E-state index in [-0.39, 0.29) is 29.0 Å². The molecule has 0 heterocycles. The summed E-state index contributed by atoms with van der Waals surface area (Å²) in [6, 6.07) is 19.3. The van der Waals surface area contributed by atoms with Gasteiger partial charge in [-0.2, -0.15) is 0 Å². The fourth-order valence-electron chi connectivity index (χ4n) is 4.20. The second-order valence-electron chi connectivity index (χ2n) is 10.1. The second kappa shape index (κ2) is 15.3. The molecular weight excluding hydrogens is 594 g/mol. The lowest BCUT2D eigenvalue weighted by atomic mass is 10.1. The molecule has 0 spiro atoms. The van der Waals surface area contributed by atoms with Crippen molar-refractivity contribution in [3.63, 3.8) is 0 Å². The van der Waals surface area contributed by atoms with Gasteiger partial charge in [-0.1, -0.05) is 49.7 Å². The van der Waals surface area contributed by atoms with Gasteiger partial charge in [-0.15, -0.1) is 11.8 Å². The van der Waals surface area contributed by atoms with Gasteiger partial charge in [0.25, 0.3) is 10.0 Å². The molecule has 0 aliphatic carbocycles. The number of amides is 2. The van der Waals surface area contributed by atoms with Crippen molar-refractivity contribution < 1.29 is 22.7 Å². The maximum Gasteiger partial charge on any atom is 0.264 e. The van der Waals surface area contributed by atoms with Crippen molar-refractivity contribution in [2.45, 2.75) is 50.1 Å². The summed E-state index contributed by atoms with van der Waals surface area (Å²) in [5.74, 6) is -0.360. The molecule has 3 rings (SSSR count). The van der Waals surface area contributed by atoms with Gasteiger partial charge >= 0.3 is 0 Å². The molecule has 0 aliphatic rings. The van der Waals surface area contributed by atoms with Gasteiger partial charge in [0.15, 0.2) is 0 Å². The average Bonchev–Trinajstić information content (AvgIpc) is 2.97. The summed E-state index contributed by atoms with van der Waals surface area (Å²) in [6.07, 6.45) is 1.90. The molecule has 2 amide bonds. The minimum absolute atomic E-state index is 0.0310. The fraction of sp³-hybridized carbons (Fsp3) is 0.355. The number of ether oxygens (including phenoxy) is 1. The Kier molecular flexibility index (Phi) is 12.1. The summed E-state index contributed by atoms with van der Waals surface area (Å²) in [4.78, 5) is 29.6. The van der Waals surface area contributed by atoms with Crippen molar-refractivity contribution in [1.82, 2.24) is 10.2 Å². The number of para-hydroxylation sites is 2. The molecule has 0 bridgehead atoms. The zero-order valence-electron chi connectivity index (χ0n) is 24.5. The Bertz CT molecular complexity index is 1470. The smallest absolute Gasteiger partial charge is 0.264 e. The van der Waals surface area contributed by atoms with E-state index in [1.165, 1.54) is 28.8 Å². The average molecular weight is 632 g/mol. The van der Waals surface area contributed by atoms with Crippen molar-refractivity contribution in [3.05, 3.63) is 83.4 Å². The second-order valence-corrected chi connectivity index (χ2v) is 13.2. The Balaban J connectivity index is 2.07. The standard InChI is InChI=1S/C31H38ClN3O5S2/c1-6-40-29-13-8-7-12-28(29)35(42(38,39)27-16-14-26(41-5)15-17-27)21-30(36)34(20-24-10-9-11-25(32)18-24)23(4)31(37)33-19-22(2)3/h7-18,22-23H,6,19-21H2,1-5H3,(H,33,37). The largest absolute Gasteiger partial charge is 0.492 e. The first-order chi connectivity index (χ1) is 20.0. The molecule has 1 N–H and O–H groups in total. The normalized spacial score (nSPS) is 12.1. The first-order valence-corrected chi connectivity index (χ1v) is 16.7. The van der Waals surface area contributed by atoms with E-state index in [2.05, 4.69) is 5.32 Å². The van der Waals surface area contributed by atoms with Crippen LogP contribution in [-0.2, 0) is 26.2 Å². The Morgan fingerprint density at radius 1 is 1.00 bits per heavy atom. The van der Waals surface area contributed by atoms with Crippen LogP contribution in [0.1, 0.15) is 33.3 Å². The molecule has 3 aromatic carbocycles. The maximum absolute atomic E-state index is 14.1. The zero-order chi connectivity index (χ0) is 30.9. The summed E-state index contributed by atoms with van der Waals surface area (Å²) in [5.41, 5.74) is 0.928. The predicted octanol–water partition coefficient (Wildman–Crippen LogP) is 5.85. The van der Waals surface area contributed by atoms with Crippen LogP contribution in [0.2, 0.25) is 5.02 Å². The molecule has 11 heteroatoms. The number of anilines is 1. The van der Waals surface area contributed by atoms with Crippen LogP contribution in [0.4, 0.5) is 5.69 Å². The lowest BCUT2D eigenvalue weighted by molar-refractivity contribution is -0.139. The van der Waals surface area contributed by atoms with Crippen molar-refractivity contribution in [3.8, 4) is 5.75 Å². The lowest BCUT2D eigenvalue weighted by Gasteiger charge is -2.32. The highest BCUT2D eigenvalue weighted by atomic mass is 35.5. The van der Waals surface area contributed by atoms with E-state index in [9.17, 15) is 18.0 Å². The van der Waals surface area contributed by atoms with Crippen LogP contribution < -0.4 is 14.4 Å². The van der Waals surface area contributed by atoms with E-state index in [0.29, 0.717) is 29.5 Å². The first kappa shape index (κ1) is 33.3. The van der Waals surface area contributed by atoms with Gasteiger partial charge in [-0.05, 0) is 80.1 Å². The van der Waals surface area contributed by atoms with Crippen molar-refractivity contribution in [2.24, 2.45) is 5.92 Å². The van der Waals surface area contributed by atoms with Crippen LogP contribution in [0, 0.1) is 5.92 Å². The van der Waals surface area contributed by atoms with E-state index in [0.717, 1.165) is 9.20 Å². The van der Waals surface area contributed by atoms with Gasteiger partial charge in [0.2, 0.25) is 11.8 Å². The number of benzene rings is 3. The Morgan fingerprint density at radius 3 is 2.31 bits per heavy atom. The van der Waals surface area contributed by atoms with Crippen LogP contribution in [0.3, 0.4) is 0 Å². The number of thioether (sulfide) groups is 1. The van der Waals surface area contributed by atoms with Gasteiger partial charge < -0.3 is 15.0 Å². The number of carbonyl (C=O) groups excluding carboxylic acids is 2. The number of nitrogens with zero attached hydrogens (tertiary/aromatic N) is 2. The quantitative estimate of drug-likeness (QED) is 0.225. The lowest BCUT2D eigenvalue weighted by Crippen LogP contribution is -2.51. The summed E-state index contributed by atoms with van der Waals surface area (Å²) in [6.45, 7) is 7.62. The summed E-state index contributed by atoms with van der Waals surface area (Å²) >= 11 is 7.70. The van der Waals surface area contributed by atoms with Gasteiger partial charge in [0.1, 0.15) is 18.3 Å². The minimum atomic E-state index is -4.22.